The first kappa shape index (κ1) is 14.4. The summed E-state index contributed by atoms with van der Waals surface area (Å²) in [5.74, 6) is -0.371. The van der Waals surface area contributed by atoms with Crippen molar-refractivity contribution >= 4 is 23.4 Å². The molecule has 1 heterocycles. The molecule has 0 radical (unpaired) electrons. The Bertz CT molecular complexity index is 711. The zero-order valence-corrected chi connectivity index (χ0v) is 11.3. The lowest BCUT2D eigenvalue weighted by molar-refractivity contribution is -0.385. The van der Waals surface area contributed by atoms with Crippen molar-refractivity contribution in [3.63, 3.8) is 0 Å². The third kappa shape index (κ3) is 3.73. The number of amides is 1. The minimum atomic E-state index is -0.483. The Balaban J connectivity index is 2.13. The number of benzene rings is 1. The smallest absolute Gasteiger partial charge is 0.276 e. The minimum absolute atomic E-state index is 0.0425. The molecule has 0 saturated carbocycles. The number of nitro groups is 1. The average molecular weight is 283 g/mol. The second kappa shape index (κ2) is 6.42. The van der Waals surface area contributed by atoms with Crippen LogP contribution in [-0.2, 0) is 4.79 Å². The Hall–Kier alpha value is -3.02. The van der Waals surface area contributed by atoms with Gasteiger partial charge in [-0.05, 0) is 30.7 Å². The number of pyridine rings is 1. The molecule has 2 rings (SSSR count). The molecule has 1 N–H and O–H groups in total. The van der Waals surface area contributed by atoms with E-state index in [9.17, 15) is 14.9 Å². The first-order valence-corrected chi connectivity index (χ1v) is 6.21. The van der Waals surface area contributed by atoms with Crippen LogP contribution in [0.25, 0.3) is 6.08 Å². The van der Waals surface area contributed by atoms with Gasteiger partial charge in [0.2, 0.25) is 5.91 Å². The number of carbonyl (C=O) groups is 1. The zero-order chi connectivity index (χ0) is 15.2. The van der Waals surface area contributed by atoms with Crippen LogP contribution in [0, 0.1) is 17.0 Å². The van der Waals surface area contributed by atoms with Gasteiger partial charge in [-0.15, -0.1) is 0 Å². The summed E-state index contributed by atoms with van der Waals surface area (Å²) in [5.41, 5.74) is 1.83. The normalized spacial score (nSPS) is 10.5. The largest absolute Gasteiger partial charge is 0.321 e. The number of aromatic nitrogens is 1. The van der Waals surface area contributed by atoms with E-state index in [4.69, 9.17) is 0 Å². The lowest BCUT2D eigenvalue weighted by Crippen LogP contribution is -2.09. The molecule has 2 aromatic rings. The number of nitrogens with one attached hydrogen (secondary N) is 1. The van der Waals surface area contributed by atoms with Crippen molar-refractivity contribution < 1.29 is 9.72 Å². The summed E-state index contributed by atoms with van der Waals surface area (Å²) in [4.78, 5) is 26.1. The van der Waals surface area contributed by atoms with E-state index in [1.165, 1.54) is 18.2 Å². The van der Waals surface area contributed by atoms with Gasteiger partial charge in [0.25, 0.3) is 5.69 Å². The molecule has 0 bridgehead atoms. The van der Waals surface area contributed by atoms with Crippen LogP contribution >= 0.6 is 0 Å². The third-order valence-corrected chi connectivity index (χ3v) is 2.84. The van der Waals surface area contributed by atoms with E-state index in [1.54, 1.807) is 36.7 Å². The molecule has 0 aliphatic heterocycles. The molecule has 0 atom stereocenters. The molecule has 6 nitrogen and oxygen atoms in total. The van der Waals surface area contributed by atoms with Gasteiger partial charge in [-0.3, -0.25) is 19.9 Å². The predicted molar refractivity (Wildman–Crippen MR) is 79.7 cm³/mol. The Morgan fingerprint density at radius 2 is 2.10 bits per heavy atom. The van der Waals surface area contributed by atoms with Crippen LogP contribution in [0.4, 0.5) is 11.4 Å². The van der Waals surface area contributed by atoms with Gasteiger partial charge < -0.3 is 5.32 Å². The molecule has 0 spiro atoms. The second-order valence-electron chi connectivity index (χ2n) is 4.33. The standard InChI is InChI=1S/C15H13N3O3/c1-11-8-9-16-10-13(11)17-15(19)7-6-12-4-2-3-5-14(12)18(20)21/h2-10H,1H3,(H,17,19). The summed E-state index contributed by atoms with van der Waals surface area (Å²) in [6.07, 6.45) is 5.86. The number of aryl methyl sites for hydroxylation is 1. The van der Waals surface area contributed by atoms with Gasteiger partial charge in [-0.1, -0.05) is 12.1 Å². The Kier molecular flexibility index (Phi) is 4.40. The molecule has 0 unspecified atom stereocenters. The summed E-state index contributed by atoms with van der Waals surface area (Å²) < 4.78 is 0. The molecule has 0 fully saturated rings. The van der Waals surface area contributed by atoms with Crippen LogP contribution in [0.2, 0.25) is 0 Å². The van der Waals surface area contributed by atoms with Crippen LogP contribution < -0.4 is 5.32 Å². The third-order valence-electron chi connectivity index (χ3n) is 2.84. The number of carbonyl (C=O) groups excluding carboxylic acids is 1. The molecular formula is C15H13N3O3. The molecule has 1 aromatic heterocycles. The molecule has 6 heteroatoms. The molecule has 0 saturated heterocycles. The van der Waals surface area contributed by atoms with Gasteiger partial charge >= 0.3 is 0 Å². The molecular weight excluding hydrogens is 270 g/mol. The highest BCUT2D eigenvalue weighted by Gasteiger charge is 2.09. The summed E-state index contributed by atoms with van der Waals surface area (Å²) in [5, 5.41) is 13.5. The van der Waals surface area contributed by atoms with E-state index in [-0.39, 0.29) is 11.6 Å². The molecule has 0 aliphatic carbocycles. The highest BCUT2D eigenvalue weighted by atomic mass is 16.6. The first-order chi connectivity index (χ1) is 10.1. The summed E-state index contributed by atoms with van der Waals surface area (Å²) >= 11 is 0. The Morgan fingerprint density at radius 3 is 2.81 bits per heavy atom. The van der Waals surface area contributed by atoms with Crippen molar-refractivity contribution in [2.24, 2.45) is 0 Å². The SMILES string of the molecule is Cc1ccncc1NC(=O)C=Cc1ccccc1[N+](=O)[O-]. The quantitative estimate of drug-likeness (QED) is 0.531. The molecule has 1 amide bonds. The van der Waals surface area contributed by atoms with Crippen LogP contribution in [0.1, 0.15) is 11.1 Å². The summed E-state index contributed by atoms with van der Waals surface area (Å²) in [6.45, 7) is 1.85. The van der Waals surface area contributed by atoms with Gasteiger partial charge in [0.05, 0.1) is 22.4 Å². The van der Waals surface area contributed by atoms with Crippen LogP contribution in [0.5, 0.6) is 0 Å². The van der Waals surface area contributed by atoms with E-state index in [2.05, 4.69) is 10.3 Å². The topological polar surface area (TPSA) is 85.1 Å². The van der Waals surface area contributed by atoms with Crippen molar-refractivity contribution in [3.05, 3.63) is 70.0 Å². The highest BCUT2D eigenvalue weighted by Crippen LogP contribution is 2.19. The minimum Gasteiger partial charge on any atom is -0.321 e. The van der Waals surface area contributed by atoms with Gasteiger partial charge in [0.15, 0.2) is 0 Å². The molecule has 21 heavy (non-hydrogen) atoms. The van der Waals surface area contributed by atoms with Gasteiger partial charge in [-0.2, -0.15) is 0 Å². The molecule has 106 valence electrons. The maximum Gasteiger partial charge on any atom is 0.276 e. The van der Waals surface area contributed by atoms with Crippen molar-refractivity contribution in [3.8, 4) is 0 Å². The van der Waals surface area contributed by atoms with Crippen molar-refractivity contribution in [2.45, 2.75) is 6.92 Å². The van der Waals surface area contributed by atoms with Crippen LogP contribution in [-0.4, -0.2) is 15.8 Å². The fourth-order valence-electron chi connectivity index (χ4n) is 1.73. The number of para-hydroxylation sites is 1. The van der Waals surface area contributed by atoms with Crippen molar-refractivity contribution in [1.29, 1.82) is 0 Å². The number of anilines is 1. The number of nitrogens with zero attached hydrogens (tertiary/aromatic N) is 2. The van der Waals surface area contributed by atoms with Crippen LogP contribution in [0.3, 0.4) is 0 Å². The van der Waals surface area contributed by atoms with Gasteiger partial charge in [0.1, 0.15) is 0 Å². The van der Waals surface area contributed by atoms with E-state index in [1.807, 2.05) is 6.92 Å². The number of nitro benzene ring substituents is 1. The lowest BCUT2D eigenvalue weighted by atomic mass is 10.1. The maximum absolute atomic E-state index is 11.8. The summed E-state index contributed by atoms with van der Waals surface area (Å²) in [7, 11) is 0. The Labute approximate surface area is 121 Å². The van der Waals surface area contributed by atoms with Crippen LogP contribution in [0.15, 0.2) is 48.8 Å². The molecule has 0 aliphatic rings. The number of rotatable bonds is 4. The number of hydrogen-bond donors (Lipinski definition) is 1. The number of hydrogen-bond acceptors (Lipinski definition) is 4. The van der Waals surface area contributed by atoms with Crippen molar-refractivity contribution in [2.75, 3.05) is 5.32 Å². The fraction of sp³-hybridized carbons (Fsp3) is 0.0667. The van der Waals surface area contributed by atoms with Crippen molar-refractivity contribution in [1.82, 2.24) is 4.98 Å². The van der Waals surface area contributed by atoms with E-state index in [0.29, 0.717) is 11.3 Å². The lowest BCUT2D eigenvalue weighted by Gasteiger charge is -2.04. The predicted octanol–water partition coefficient (Wildman–Crippen LogP) is 2.95. The highest BCUT2D eigenvalue weighted by molar-refractivity contribution is 6.02. The second-order valence-corrected chi connectivity index (χ2v) is 4.33. The molecule has 1 aromatic carbocycles. The van der Waals surface area contributed by atoms with E-state index < -0.39 is 4.92 Å². The van der Waals surface area contributed by atoms with E-state index in [0.717, 1.165) is 5.56 Å². The summed E-state index contributed by atoms with van der Waals surface area (Å²) in [6, 6.07) is 8.01. The van der Waals surface area contributed by atoms with E-state index >= 15 is 0 Å². The Morgan fingerprint density at radius 1 is 1.33 bits per heavy atom. The monoisotopic (exact) mass is 283 g/mol. The zero-order valence-electron chi connectivity index (χ0n) is 11.3. The maximum atomic E-state index is 11.8. The first-order valence-electron chi connectivity index (χ1n) is 6.21. The van der Waals surface area contributed by atoms with Gasteiger partial charge in [-0.25, -0.2) is 0 Å². The average Bonchev–Trinajstić information content (AvgIpc) is 2.48. The fourth-order valence-corrected chi connectivity index (χ4v) is 1.73. The van der Waals surface area contributed by atoms with Gasteiger partial charge in [0, 0.05) is 18.3 Å².